The van der Waals surface area contributed by atoms with Crippen LogP contribution in [0.1, 0.15) is 11.1 Å². The van der Waals surface area contributed by atoms with Crippen LogP contribution in [0.2, 0.25) is 5.02 Å². The number of halogens is 2. The maximum atomic E-state index is 6.13. The molecule has 0 saturated carbocycles. The predicted octanol–water partition coefficient (Wildman–Crippen LogP) is 3.60. The summed E-state index contributed by atoms with van der Waals surface area (Å²) in [6.45, 7) is 3.89. The minimum atomic E-state index is 0.628. The van der Waals surface area contributed by atoms with Gasteiger partial charge in [0, 0.05) is 18.0 Å². The summed E-state index contributed by atoms with van der Waals surface area (Å²) in [5, 5.41) is 3.94. The van der Waals surface area contributed by atoms with Crippen molar-refractivity contribution in [1.29, 1.82) is 0 Å². The van der Waals surface area contributed by atoms with Crippen LogP contribution < -0.4 is 5.32 Å². The molecule has 1 heterocycles. The molecular formula is C11H11Cl2N. The number of allylic oxidation sites excluding steroid dienone is 1. The van der Waals surface area contributed by atoms with Crippen LogP contribution >= 0.6 is 23.2 Å². The van der Waals surface area contributed by atoms with Gasteiger partial charge in [0.25, 0.3) is 0 Å². The first-order valence-corrected chi connectivity index (χ1v) is 5.44. The quantitative estimate of drug-likeness (QED) is 0.762. The van der Waals surface area contributed by atoms with Crippen molar-refractivity contribution in [3.8, 4) is 0 Å². The first-order valence-electron chi connectivity index (χ1n) is 4.53. The first-order chi connectivity index (χ1) is 6.70. The smallest absolute Gasteiger partial charge is 0.0646 e. The fraction of sp³-hybridized carbons (Fsp3) is 0.273. The molecule has 0 amide bonds. The van der Waals surface area contributed by atoms with E-state index in [1.54, 1.807) is 0 Å². The molecule has 1 nitrogen and oxygen atoms in total. The number of rotatable bonds is 2. The molecule has 1 aliphatic heterocycles. The van der Waals surface area contributed by atoms with Crippen LogP contribution in [0, 0.1) is 0 Å². The Labute approximate surface area is 93.7 Å². The lowest BCUT2D eigenvalue weighted by molar-refractivity contribution is 1.13. The average molecular weight is 228 g/mol. The molecule has 0 saturated heterocycles. The van der Waals surface area contributed by atoms with E-state index in [1.165, 1.54) is 11.1 Å². The molecule has 0 spiro atoms. The third kappa shape index (κ3) is 1.75. The number of nitrogens with one attached hydrogen (secondary N) is 1. The van der Waals surface area contributed by atoms with E-state index in [9.17, 15) is 0 Å². The van der Waals surface area contributed by atoms with Gasteiger partial charge >= 0.3 is 0 Å². The Kier molecular flexibility index (Phi) is 2.71. The maximum absolute atomic E-state index is 6.13. The standard InChI is InChI=1S/C11H11Cl2N/c1-7-4-9-5-8(2-3-12)6-10(13)11(9)14-7/h5-6,14H,1-4H2. The monoisotopic (exact) mass is 227 g/mol. The van der Waals surface area contributed by atoms with E-state index in [-0.39, 0.29) is 0 Å². The average Bonchev–Trinajstić information content (AvgIpc) is 2.47. The third-order valence-electron chi connectivity index (χ3n) is 2.32. The summed E-state index contributed by atoms with van der Waals surface area (Å²) in [6, 6.07) is 4.11. The van der Waals surface area contributed by atoms with Gasteiger partial charge in [-0.05, 0) is 23.6 Å². The third-order valence-corrected chi connectivity index (χ3v) is 2.81. The molecule has 0 aliphatic carbocycles. The minimum Gasteiger partial charge on any atom is -0.358 e. The Hall–Kier alpha value is -0.660. The van der Waals surface area contributed by atoms with Gasteiger partial charge in [-0.15, -0.1) is 11.6 Å². The molecule has 14 heavy (non-hydrogen) atoms. The van der Waals surface area contributed by atoms with Gasteiger partial charge in [0.1, 0.15) is 0 Å². The maximum Gasteiger partial charge on any atom is 0.0646 e. The molecule has 0 fully saturated rings. The van der Waals surface area contributed by atoms with Crippen molar-refractivity contribution >= 4 is 28.9 Å². The number of aryl methyl sites for hydroxylation is 1. The molecule has 3 heteroatoms. The van der Waals surface area contributed by atoms with Crippen LogP contribution in [-0.4, -0.2) is 5.88 Å². The summed E-state index contributed by atoms with van der Waals surface area (Å²) < 4.78 is 0. The number of hydrogen-bond donors (Lipinski definition) is 1. The largest absolute Gasteiger partial charge is 0.358 e. The predicted molar refractivity (Wildman–Crippen MR) is 62.3 cm³/mol. The van der Waals surface area contributed by atoms with Gasteiger partial charge in [-0.25, -0.2) is 0 Å². The lowest BCUT2D eigenvalue weighted by Crippen LogP contribution is -1.90. The number of anilines is 1. The SMILES string of the molecule is C=C1Cc2cc(CCCl)cc(Cl)c2N1. The summed E-state index contributed by atoms with van der Waals surface area (Å²) in [6.07, 6.45) is 1.73. The minimum absolute atomic E-state index is 0.628. The second-order valence-electron chi connectivity index (χ2n) is 3.46. The molecule has 74 valence electrons. The van der Waals surface area contributed by atoms with Crippen LogP contribution in [0.4, 0.5) is 5.69 Å². The fourth-order valence-electron chi connectivity index (χ4n) is 1.71. The van der Waals surface area contributed by atoms with E-state index < -0.39 is 0 Å². The zero-order valence-corrected chi connectivity index (χ0v) is 9.25. The van der Waals surface area contributed by atoms with Gasteiger partial charge in [0.2, 0.25) is 0 Å². The van der Waals surface area contributed by atoms with Crippen molar-refractivity contribution in [1.82, 2.24) is 0 Å². The first kappa shape index (κ1) is 9.88. The van der Waals surface area contributed by atoms with Gasteiger partial charge in [0.05, 0.1) is 10.7 Å². The van der Waals surface area contributed by atoms with Crippen molar-refractivity contribution in [3.63, 3.8) is 0 Å². The Morgan fingerprint density at radius 2 is 2.21 bits per heavy atom. The van der Waals surface area contributed by atoms with E-state index in [4.69, 9.17) is 23.2 Å². The van der Waals surface area contributed by atoms with E-state index >= 15 is 0 Å². The van der Waals surface area contributed by atoms with E-state index in [2.05, 4.69) is 18.0 Å². The highest BCUT2D eigenvalue weighted by Crippen LogP contribution is 2.35. The fourth-order valence-corrected chi connectivity index (χ4v) is 2.24. The van der Waals surface area contributed by atoms with Crippen molar-refractivity contribution in [3.05, 3.63) is 40.6 Å². The van der Waals surface area contributed by atoms with Crippen LogP contribution in [0.15, 0.2) is 24.4 Å². The molecule has 0 aromatic heterocycles. The summed E-state index contributed by atoms with van der Waals surface area (Å²) in [5.74, 6) is 0.628. The lowest BCUT2D eigenvalue weighted by atomic mass is 10.1. The van der Waals surface area contributed by atoms with E-state index in [0.29, 0.717) is 5.88 Å². The molecule has 0 unspecified atom stereocenters. The number of benzene rings is 1. The van der Waals surface area contributed by atoms with Gasteiger partial charge < -0.3 is 5.32 Å². The molecule has 0 bridgehead atoms. The van der Waals surface area contributed by atoms with Crippen LogP contribution in [-0.2, 0) is 12.8 Å². The van der Waals surface area contributed by atoms with Gasteiger partial charge in [0.15, 0.2) is 0 Å². The molecule has 0 radical (unpaired) electrons. The van der Waals surface area contributed by atoms with E-state index in [1.807, 2.05) is 6.07 Å². The number of hydrogen-bond acceptors (Lipinski definition) is 1. The summed E-state index contributed by atoms with van der Waals surface area (Å²) >= 11 is 11.8. The Bertz CT molecular complexity index is 385. The van der Waals surface area contributed by atoms with Crippen molar-refractivity contribution < 1.29 is 0 Å². The highest BCUT2D eigenvalue weighted by Gasteiger charge is 2.16. The summed E-state index contributed by atoms with van der Waals surface area (Å²) in [5.41, 5.74) is 4.43. The van der Waals surface area contributed by atoms with Crippen molar-refractivity contribution in [2.45, 2.75) is 12.8 Å². The summed E-state index contributed by atoms with van der Waals surface area (Å²) in [4.78, 5) is 0. The second-order valence-corrected chi connectivity index (χ2v) is 4.24. The van der Waals surface area contributed by atoms with Gasteiger partial charge in [-0.1, -0.05) is 24.2 Å². The van der Waals surface area contributed by atoms with Crippen LogP contribution in [0.25, 0.3) is 0 Å². The Morgan fingerprint density at radius 1 is 1.43 bits per heavy atom. The van der Waals surface area contributed by atoms with Crippen LogP contribution in [0.5, 0.6) is 0 Å². The number of fused-ring (bicyclic) bond motifs is 1. The molecule has 1 aromatic rings. The second kappa shape index (κ2) is 3.84. The highest BCUT2D eigenvalue weighted by molar-refractivity contribution is 6.33. The molecule has 1 aliphatic rings. The van der Waals surface area contributed by atoms with Gasteiger partial charge in [-0.2, -0.15) is 0 Å². The number of alkyl halides is 1. The molecular weight excluding hydrogens is 217 g/mol. The summed E-state index contributed by atoms with van der Waals surface area (Å²) in [7, 11) is 0. The van der Waals surface area contributed by atoms with Crippen LogP contribution in [0.3, 0.4) is 0 Å². The van der Waals surface area contributed by atoms with Gasteiger partial charge in [-0.3, -0.25) is 0 Å². The van der Waals surface area contributed by atoms with Crippen molar-refractivity contribution in [2.24, 2.45) is 0 Å². The Morgan fingerprint density at radius 3 is 2.93 bits per heavy atom. The molecule has 2 rings (SSSR count). The molecule has 0 atom stereocenters. The lowest BCUT2D eigenvalue weighted by Gasteiger charge is -2.05. The van der Waals surface area contributed by atoms with Crippen molar-refractivity contribution in [2.75, 3.05) is 11.2 Å². The topological polar surface area (TPSA) is 12.0 Å². The highest BCUT2D eigenvalue weighted by atomic mass is 35.5. The zero-order valence-electron chi connectivity index (χ0n) is 7.74. The molecule has 1 N–H and O–H groups in total. The zero-order chi connectivity index (χ0) is 10.1. The molecule has 1 aromatic carbocycles. The normalized spacial score (nSPS) is 14.0. The van der Waals surface area contributed by atoms with E-state index in [0.717, 1.165) is 29.2 Å². The Balaban J connectivity index is 2.40.